The van der Waals surface area contributed by atoms with Crippen molar-refractivity contribution in [3.63, 3.8) is 0 Å². The van der Waals surface area contributed by atoms with E-state index in [1.807, 2.05) is 58.0 Å². The van der Waals surface area contributed by atoms with Crippen LogP contribution in [0.25, 0.3) is 0 Å². The summed E-state index contributed by atoms with van der Waals surface area (Å²) in [6, 6.07) is 7.16. The molecule has 0 saturated carbocycles. The lowest BCUT2D eigenvalue weighted by Crippen LogP contribution is -2.58. The maximum absolute atomic E-state index is 14.1. The fourth-order valence-corrected chi connectivity index (χ4v) is 6.92. The van der Waals surface area contributed by atoms with Crippen LogP contribution in [0.5, 0.6) is 0 Å². The van der Waals surface area contributed by atoms with Gasteiger partial charge in [-0.2, -0.15) is 0 Å². The molecule has 12 heteroatoms. The van der Waals surface area contributed by atoms with Crippen molar-refractivity contribution in [3.8, 4) is 0 Å². The molecule has 1 fully saturated rings. The van der Waals surface area contributed by atoms with Crippen LogP contribution >= 0.6 is 0 Å². The van der Waals surface area contributed by atoms with Gasteiger partial charge in [0, 0.05) is 27.8 Å². The first-order valence-corrected chi connectivity index (χ1v) is 17.7. The first-order chi connectivity index (χ1) is 23.1. The van der Waals surface area contributed by atoms with E-state index in [2.05, 4.69) is 10.6 Å². The summed E-state index contributed by atoms with van der Waals surface area (Å²) in [5.74, 6) is -1.62. The summed E-state index contributed by atoms with van der Waals surface area (Å²) in [5.41, 5.74) is 0.711. The van der Waals surface area contributed by atoms with Gasteiger partial charge in [0.05, 0.1) is 55.3 Å². The molecule has 0 radical (unpaired) electrons. The summed E-state index contributed by atoms with van der Waals surface area (Å²) in [4.78, 5) is 59.2. The summed E-state index contributed by atoms with van der Waals surface area (Å²) in [5, 5.41) is 16.6. The quantitative estimate of drug-likeness (QED) is 0.202. The number of methoxy groups -OCH3 is 2. The number of carbonyl (C=O) groups excluding carboxylic acids is 4. The Morgan fingerprint density at radius 2 is 1.61 bits per heavy atom. The molecule has 0 aliphatic carbocycles. The van der Waals surface area contributed by atoms with Crippen LogP contribution in [0.2, 0.25) is 0 Å². The Morgan fingerprint density at radius 1 is 0.980 bits per heavy atom. The minimum absolute atomic E-state index is 0.00460. The van der Waals surface area contributed by atoms with Gasteiger partial charge >= 0.3 is 0 Å². The van der Waals surface area contributed by atoms with Crippen molar-refractivity contribution in [2.45, 2.75) is 110 Å². The second kappa shape index (κ2) is 20.0. The zero-order chi connectivity index (χ0) is 37.0. The number of aliphatic hydroxyl groups excluding tert-OH is 1. The number of likely N-dealkylation sites (N-methyl/N-ethyl adjacent to an activating group) is 2. The van der Waals surface area contributed by atoms with Crippen molar-refractivity contribution in [3.05, 3.63) is 35.9 Å². The monoisotopic (exact) mass is 689 g/mol. The van der Waals surface area contributed by atoms with Gasteiger partial charge in [-0.15, -0.1) is 0 Å². The molecule has 0 aromatic heterocycles. The number of hydrogen-bond donors (Lipinski definition) is 3. The van der Waals surface area contributed by atoms with E-state index in [9.17, 15) is 24.3 Å². The molecule has 1 aliphatic rings. The van der Waals surface area contributed by atoms with E-state index in [0.29, 0.717) is 18.5 Å². The third-order valence-electron chi connectivity index (χ3n) is 9.95. The third kappa shape index (κ3) is 11.5. The van der Waals surface area contributed by atoms with Crippen molar-refractivity contribution < 1.29 is 33.8 Å². The molecular weight excluding hydrogens is 626 g/mol. The third-order valence-corrected chi connectivity index (χ3v) is 9.95. The Hall–Kier alpha value is -3.06. The Balaban J connectivity index is 2.22. The number of hydrogen-bond acceptors (Lipinski definition) is 8. The summed E-state index contributed by atoms with van der Waals surface area (Å²) >= 11 is 0. The Labute approximate surface area is 294 Å². The molecule has 1 heterocycles. The van der Waals surface area contributed by atoms with Gasteiger partial charge < -0.3 is 39.9 Å². The highest BCUT2D eigenvalue weighted by molar-refractivity contribution is 5.88. The number of benzene rings is 1. The molecule has 1 saturated heterocycles. The van der Waals surface area contributed by atoms with Crippen LogP contribution in [-0.4, -0.2) is 128 Å². The summed E-state index contributed by atoms with van der Waals surface area (Å²) in [7, 11) is 8.42. The number of carbonyl (C=O) groups is 4. The summed E-state index contributed by atoms with van der Waals surface area (Å²) < 4.78 is 11.9. The zero-order valence-electron chi connectivity index (χ0n) is 31.6. The maximum atomic E-state index is 14.1. The van der Waals surface area contributed by atoms with E-state index in [1.165, 1.54) is 0 Å². The molecule has 9 atom stereocenters. The second-order valence-electron chi connectivity index (χ2n) is 14.3. The van der Waals surface area contributed by atoms with E-state index in [-0.39, 0.29) is 54.5 Å². The predicted molar refractivity (Wildman–Crippen MR) is 190 cm³/mol. The summed E-state index contributed by atoms with van der Waals surface area (Å²) in [6.45, 7) is 12.1. The van der Waals surface area contributed by atoms with Crippen molar-refractivity contribution in [1.29, 1.82) is 0 Å². The average molecular weight is 690 g/mol. The second-order valence-corrected chi connectivity index (χ2v) is 14.3. The van der Waals surface area contributed by atoms with Gasteiger partial charge in [0.1, 0.15) is 6.04 Å². The number of ether oxygens (including phenoxy) is 2. The minimum Gasteiger partial charge on any atom is -0.386 e. The van der Waals surface area contributed by atoms with Crippen LogP contribution in [0.1, 0.15) is 78.9 Å². The molecular formula is C37H63N5O7. The van der Waals surface area contributed by atoms with Crippen molar-refractivity contribution in [1.82, 2.24) is 25.3 Å². The van der Waals surface area contributed by atoms with E-state index in [4.69, 9.17) is 9.47 Å². The molecule has 0 bridgehead atoms. The van der Waals surface area contributed by atoms with Crippen molar-refractivity contribution >= 4 is 23.6 Å². The number of amides is 4. The predicted octanol–water partition coefficient (Wildman–Crippen LogP) is 2.85. The Kier molecular flexibility index (Phi) is 17.1. The zero-order valence-corrected chi connectivity index (χ0v) is 31.6. The molecule has 3 N–H and O–H groups in total. The first kappa shape index (κ1) is 42.1. The van der Waals surface area contributed by atoms with Crippen molar-refractivity contribution in [2.24, 2.45) is 17.8 Å². The van der Waals surface area contributed by atoms with Crippen LogP contribution in [0.15, 0.2) is 30.3 Å². The summed E-state index contributed by atoms with van der Waals surface area (Å²) in [6.07, 6.45) is 0.181. The number of nitrogens with one attached hydrogen (secondary N) is 2. The van der Waals surface area contributed by atoms with Gasteiger partial charge in [0.2, 0.25) is 23.6 Å². The van der Waals surface area contributed by atoms with E-state index < -0.39 is 42.4 Å². The standard InChI is InChI=1S/C37H63N5O7/c1-12-24(4)33(41(9)37(47)32(23(2)3)39-30(43)22-40(7)8)29(48-10)21-31(44)42-20-16-19-28(42)35(49-11)25(5)36(46)38-26(6)34(45)27-17-14-13-15-18-27/h13-15,17-18,23-26,28-29,32-35,45H,12,16,19-22H2,1-11H3,(H,38,46)(H,39,43)/t24-,25?,26?,28-,29?,32-,33-,34+,35?/m0/s1. The molecule has 1 aromatic rings. The van der Waals surface area contributed by atoms with Gasteiger partial charge in [0.15, 0.2) is 0 Å². The lowest BCUT2D eigenvalue weighted by atomic mass is 9.89. The maximum Gasteiger partial charge on any atom is 0.245 e. The fourth-order valence-electron chi connectivity index (χ4n) is 6.92. The van der Waals surface area contributed by atoms with Crippen molar-refractivity contribution in [2.75, 3.05) is 48.5 Å². The minimum atomic E-state index is -0.873. The number of rotatable bonds is 19. The molecule has 4 amide bonds. The Bertz CT molecular complexity index is 1200. The van der Waals surface area contributed by atoms with E-state index >= 15 is 0 Å². The number of likely N-dealkylation sites (tertiary alicyclic amines) is 1. The largest absolute Gasteiger partial charge is 0.386 e. The number of aliphatic hydroxyl groups is 1. The molecule has 278 valence electrons. The van der Waals surface area contributed by atoms with Crippen LogP contribution in [0.3, 0.4) is 0 Å². The van der Waals surface area contributed by atoms with Gasteiger partial charge in [-0.1, -0.05) is 71.4 Å². The smallest absolute Gasteiger partial charge is 0.245 e. The van der Waals surface area contributed by atoms with Crippen LogP contribution in [0, 0.1) is 17.8 Å². The first-order valence-electron chi connectivity index (χ1n) is 17.7. The molecule has 1 aromatic carbocycles. The molecule has 4 unspecified atom stereocenters. The average Bonchev–Trinajstić information content (AvgIpc) is 3.55. The molecule has 1 aliphatic heterocycles. The normalized spacial score (nSPS) is 19.8. The van der Waals surface area contributed by atoms with Gasteiger partial charge in [-0.05, 0) is 51.3 Å². The Morgan fingerprint density at radius 3 is 2.14 bits per heavy atom. The molecule has 0 spiro atoms. The highest BCUT2D eigenvalue weighted by atomic mass is 16.5. The molecule has 2 rings (SSSR count). The fraction of sp³-hybridized carbons (Fsp3) is 0.730. The SMILES string of the molecule is CC[C@H](C)[C@@H](C(CC(=O)N1CCC[C@H]1C(OC)C(C)C(=O)NC(C)[C@@H](O)c1ccccc1)OC)N(C)C(=O)[C@@H](NC(=O)CN(C)C)C(C)C. The van der Waals surface area contributed by atoms with Gasteiger partial charge in [-0.3, -0.25) is 19.2 Å². The van der Waals surface area contributed by atoms with E-state index in [1.54, 1.807) is 63.9 Å². The highest BCUT2D eigenvalue weighted by Gasteiger charge is 2.43. The van der Waals surface area contributed by atoms with E-state index in [0.717, 1.165) is 12.8 Å². The van der Waals surface area contributed by atoms with Crippen LogP contribution in [-0.2, 0) is 28.7 Å². The van der Waals surface area contributed by atoms with Crippen LogP contribution in [0.4, 0.5) is 0 Å². The van der Waals surface area contributed by atoms with Gasteiger partial charge in [0.25, 0.3) is 0 Å². The lowest BCUT2D eigenvalue weighted by molar-refractivity contribution is -0.147. The molecule has 49 heavy (non-hydrogen) atoms. The van der Waals surface area contributed by atoms with Crippen LogP contribution < -0.4 is 10.6 Å². The lowest BCUT2D eigenvalue weighted by Gasteiger charge is -2.41. The van der Waals surface area contributed by atoms with Gasteiger partial charge in [-0.25, -0.2) is 0 Å². The molecule has 12 nitrogen and oxygen atoms in total. The highest BCUT2D eigenvalue weighted by Crippen LogP contribution is 2.30. The number of nitrogens with zero attached hydrogens (tertiary/aromatic N) is 3. The topological polar surface area (TPSA) is 141 Å².